The predicted molar refractivity (Wildman–Crippen MR) is 95.9 cm³/mol. The minimum atomic E-state index is -7.05. The summed E-state index contributed by atoms with van der Waals surface area (Å²) in [7, 11) is 0. The summed E-state index contributed by atoms with van der Waals surface area (Å²) in [5.74, 6) is -11.0. The monoisotopic (exact) mass is 626 g/mol. The van der Waals surface area contributed by atoms with E-state index < -0.39 is 104 Å². The van der Waals surface area contributed by atoms with E-state index in [0.717, 1.165) is 6.92 Å². The van der Waals surface area contributed by atoms with Crippen molar-refractivity contribution in [2.24, 2.45) is 11.8 Å². The number of rotatable bonds is 6. The molecule has 0 aromatic heterocycles. The minimum Gasteiger partial charge on any atom is -0.436 e. The van der Waals surface area contributed by atoms with Gasteiger partial charge in [0.15, 0.2) is 0 Å². The van der Waals surface area contributed by atoms with Crippen molar-refractivity contribution in [1.29, 1.82) is 0 Å². The fourth-order valence-electron chi connectivity index (χ4n) is 4.09. The number of aliphatic hydroxyl groups is 1. The lowest BCUT2D eigenvalue weighted by molar-refractivity contribution is -0.405. The summed E-state index contributed by atoms with van der Waals surface area (Å²) in [6.07, 6.45) is -44.8. The van der Waals surface area contributed by atoms with Gasteiger partial charge in [-0.05, 0) is 26.2 Å². The topological polar surface area (TPSA) is 82.1 Å². The van der Waals surface area contributed by atoms with Gasteiger partial charge in [0.1, 0.15) is 11.7 Å². The molecule has 0 spiro atoms. The van der Waals surface area contributed by atoms with E-state index in [4.69, 9.17) is 0 Å². The first kappa shape index (κ1) is 35.4. The Hall–Kier alpha value is -2.61. The lowest BCUT2D eigenvalue weighted by atomic mass is 9.65. The number of halogens is 15. The Morgan fingerprint density at radius 3 is 1.52 bits per heavy atom. The Morgan fingerprint density at radius 1 is 0.750 bits per heavy atom. The van der Waals surface area contributed by atoms with Crippen molar-refractivity contribution < 1.29 is 94.8 Å². The molecule has 0 amide bonds. The number of alkyl halides is 15. The van der Waals surface area contributed by atoms with Crippen molar-refractivity contribution in [1.82, 2.24) is 0 Å². The maximum Gasteiger partial charge on any atom is 0.508 e. The van der Waals surface area contributed by atoms with E-state index in [9.17, 15) is 80.6 Å². The second-order valence-corrected chi connectivity index (χ2v) is 8.38. The molecule has 0 saturated heterocycles. The molecule has 3 unspecified atom stereocenters. The highest BCUT2D eigenvalue weighted by atomic mass is 19.4. The molecular formula is C19H17F15O6. The smallest absolute Gasteiger partial charge is 0.436 e. The molecule has 1 aliphatic carbocycles. The van der Waals surface area contributed by atoms with Crippen LogP contribution in [-0.4, -0.2) is 72.0 Å². The van der Waals surface area contributed by atoms with Gasteiger partial charge >= 0.3 is 48.6 Å². The lowest BCUT2D eigenvalue weighted by Crippen LogP contribution is -2.68. The molecule has 1 aliphatic rings. The van der Waals surface area contributed by atoms with E-state index in [-0.39, 0.29) is 0 Å². The normalized spacial score (nSPS) is 22.0. The summed E-state index contributed by atoms with van der Waals surface area (Å²) in [5.41, 5.74) is -15.2. The summed E-state index contributed by atoms with van der Waals surface area (Å²) >= 11 is 0. The van der Waals surface area contributed by atoms with Crippen LogP contribution in [0.25, 0.3) is 0 Å². The average Bonchev–Trinajstić information content (AvgIpc) is 2.71. The van der Waals surface area contributed by atoms with Crippen LogP contribution in [0.3, 0.4) is 0 Å². The van der Waals surface area contributed by atoms with E-state index >= 15 is 0 Å². The van der Waals surface area contributed by atoms with Crippen molar-refractivity contribution in [2.45, 2.75) is 74.4 Å². The second kappa shape index (κ2) is 11.0. The fourth-order valence-corrected chi connectivity index (χ4v) is 4.09. The van der Waals surface area contributed by atoms with Crippen molar-refractivity contribution >= 4 is 12.1 Å². The Morgan fingerprint density at radius 2 is 1.18 bits per heavy atom. The zero-order valence-corrected chi connectivity index (χ0v) is 19.4. The number of carbonyl (C=O) groups excluding carboxylic acids is 2. The molecule has 1 rings (SSSR count). The summed E-state index contributed by atoms with van der Waals surface area (Å²) in [6.45, 7) is 2.40. The summed E-state index contributed by atoms with van der Waals surface area (Å²) in [5, 5.41) is 9.68. The van der Waals surface area contributed by atoms with Gasteiger partial charge in [0.2, 0.25) is 0 Å². The van der Waals surface area contributed by atoms with Gasteiger partial charge in [-0.3, -0.25) is 0 Å². The van der Waals surface area contributed by atoms with E-state index in [1.807, 2.05) is 6.58 Å². The van der Waals surface area contributed by atoms with Crippen LogP contribution in [0.2, 0.25) is 0 Å². The molecule has 3 atom stereocenters. The van der Waals surface area contributed by atoms with Crippen LogP contribution >= 0.6 is 0 Å². The van der Waals surface area contributed by atoms with Crippen molar-refractivity contribution in [2.75, 3.05) is 6.61 Å². The van der Waals surface area contributed by atoms with Crippen LogP contribution in [-0.2, 0) is 19.0 Å². The third kappa shape index (κ3) is 6.64. The molecule has 1 N–H and O–H groups in total. The third-order valence-corrected chi connectivity index (χ3v) is 5.90. The van der Waals surface area contributed by atoms with Gasteiger partial charge < -0.3 is 19.3 Å². The zero-order valence-electron chi connectivity index (χ0n) is 19.4. The largest absolute Gasteiger partial charge is 0.508 e. The molecule has 0 aromatic rings. The first-order chi connectivity index (χ1) is 17.6. The number of hydrogen-bond acceptors (Lipinski definition) is 6. The van der Waals surface area contributed by atoms with Crippen LogP contribution in [0.15, 0.2) is 12.2 Å². The predicted octanol–water partition coefficient (Wildman–Crippen LogP) is 6.33. The molecule has 234 valence electrons. The van der Waals surface area contributed by atoms with E-state index in [0.29, 0.717) is 0 Å². The van der Waals surface area contributed by atoms with Gasteiger partial charge in [0, 0.05) is 11.8 Å². The van der Waals surface area contributed by atoms with Crippen LogP contribution < -0.4 is 0 Å². The highest BCUT2D eigenvalue weighted by molar-refractivity contribution is 5.89. The molecular weight excluding hydrogens is 609 g/mol. The molecule has 1 fully saturated rings. The lowest BCUT2D eigenvalue weighted by Gasteiger charge is -2.49. The van der Waals surface area contributed by atoms with Crippen LogP contribution in [0.1, 0.15) is 26.2 Å². The first-order valence-corrected chi connectivity index (χ1v) is 10.4. The third-order valence-electron chi connectivity index (χ3n) is 5.90. The maximum absolute atomic E-state index is 14.0. The molecule has 0 radical (unpaired) electrons. The Balaban J connectivity index is 3.95. The Labute approximate surface area is 213 Å². The number of hydrogen-bond donors (Lipinski definition) is 1. The number of ether oxygens (including phenoxy) is 3. The highest BCUT2D eigenvalue weighted by Crippen LogP contribution is 2.59. The van der Waals surface area contributed by atoms with Gasteiger partial charge in [-0.1, -0.05) is 6.58 Å². The maximum atomic E-state index is 14.0. The zero-order chi connectivity index (χ0) is 31.9. The SMILES string of the molecule is C=C(C(=O)OC(C1CC(OC(=O)OCC)CC(C(O)(C(F)(F)F)C(F)(F)F)C1)(C(F)(F)F)C(F)(F)F)C(F)(F)F. The average molecular weight is 626 g/mol. The van der Waals surface area contributed by atoms with Gasteiger partial charge in [0.05, 0.1) is 6.61 Å². The van der Waals surface area contributed by atoms with Crippen LogP contribution in [0, 0.1) is 11.8 Å². The highest BCUT2D eigenvalue weighted by Gasteiger charge is 2.81. The molecule has 40 heavy (non-hydrogen) atoms. The standard InChI is InChI=1S/C19H17F15O6/c1-3-38-12(36)39-10-5-8(13(37,16(23,24)25)17(26,27)28)4-9(6-10)14(18(29,30)31,19(32,33)34)40-11(35)7(2)15(20,21)22/h8-10,37H,2-6H2,1H3. The molecule has 6 nitrogen and oxygen atoms in total. The van der Waals surface area contributed by atoms with Crippen molar-refractivity contribution in [3.8, 4) is 0 Å². The molecule has 0 bridgehead atoms. The Kier molecular flexibility index (Phi) is 9.73. The van der Waals surface area contributed by atoms with Crippen molar-refractivity contribution in [3.63, 3.8) is 0 Å². The van der Waals surface area contributed by atoms with Gasteiger partial charge in [0.25, 0.3) is 5.60 Å². The van der Waals surface area contributed by atoms with Gasteiger partial charge in [-0.15, -0.1) is 0 Å². The molecule has 1 saturated carbocycles. The minimum absolute atomic E-state index is 0.611. The molecule has 0 aliphatic heterocycles. The van der Waals surface area contributed by atoms with Crippen LogP contribution in [0.4, 0.5) is 70.7 Å². The molecule has 21 heteroatoms. The number of esters is 1. The number of carbonyl (C=O) groups is 2. The van der Waals surface area contributed by atoms with E-state index in [1.165, 1.54) is 0 Å². The van der Waals surface area contributed by atoms with Crippen LogP contribution in [0.5, 0.6) is 0 Å². The second-order valence-electron chi connectivity index (χ2n) is 8.38. The fraction of sp³-hybridized carbons (Fsp3) is 0.789. The quantitative estimate of drug-likeness (QED) is 0.211. The van der Waals surface area contributed by atoms with Crippen molar-refractivity contribution in [3.05, 3.63) is 12.2 Å². The van der Waals surface area contributed by atoms with Gasteiger partial charge in [-0.2, -0.15) is 65.9 Å². The van der Waals surface area contributed by atoms with Gasteiger partial charge in [-0.25, -0.2) is 9.59 Å². The summed E-state index contributed by atoms with van der Waals surface area (Å²) in [6, 6.07) is 0. The Bertz CT molecular complexity index is 916. The molecule has 0 aromatic carbocycles. The van der Waals surface area contributed by atoms with E-state index in [2.05, 4.69) is 14.2 Å². The summed E-state index contributed by atoms with van der Waals surface area (Å²) in [4.78, 5) is 23.3. The van der Waals surface area contributed by atoms with E-state index in [1.54, 1.807) is 0 Å². The molecule has 0 heterocycles. The first-order valence-electron chi connectivity index (χ1n) is 10.4. The summed E-state index contributed by atoms with van der Waals surface area (Å²) < 4.78 is 215.